The van der Waals surface area contributed by atoms with Gasteiger partial charge in [0.1, 0.15) is 5.75 Å². The molecule has 0 aliphatic rings. The summed E-state index contributed by atoms with van der Waals surface area (Å²) in [6.07, 6.45) is 2.06. The summed E-state index contributed by atoms with van der Waals surface area (Å²) in [6, 6.07) is 7.84. The third-order valence-corrected chi connectivity index (χ3v) is 3.78. The van der Waals surface area contributed by atoms with Gasteiger partial charge in [0.05, 0.1) is 24.0 Å². The molecule has 0 bridgehead atoms. The van der Waals surface area contributed by atoms with E-state index in [1.54, 1.807) is 0 Å². The fraction of sp³-hybridized carbons (Fsp3) is 0.412. The molecule has 2 N–H and O–H groups in total. The van der Waals surface area contributed by atoms with Crippen molar-refractivity contribution < 1.29 is 4.74 Å². The Hall–Kier alpha value is -2.08. The molecular formula is C17H24N4OS. The predicted molar refractivity (Wildman–Crippen MR) is 98.0 cm³/mol. The fourth-order valence-electron chi connectivity index (χ4n) is 2.40. The van der Waals surface area contributed by atoms with Gasteiger partial charge >= 0.3 is 0 Å². The molecule has 1 aromatic heterocycles. The number of hydrogen-bond acceptors (Lipinski definition) is 3. The van der Waals surface area contributed by atoms with Gasteiger partial charge < -0.3 is 15.4 Å². The Labute approximate surface area is 143 Å². The highest BCUT2D eigenvalue weighted by Gasteiger charge is 2.14. The first-order valence-corrected chi connectivity index (χ1v) is 8.29. The average molecular weight is 332 g/mol. The molecular weight excluding hydrogens is 308 g/mol. The zero-order valence-electron chi connectivity index (χ0n) is 14.1. The molecule has 0 spiro atoms. The second kappa shape index (κ2) is 7.97. The molecule has 0 fully saturated rings. The Morgan fingerprint density at radius 3 is 2.74 bits per heavy atom. The van der Waals surface area contributed by atoms with Crippen molar-refractivity contribution in [3.05, 3.63) is 41.7 Å². The van der Waals surface area contributed by atoms with Crippen molar-refractivity contribution in [1.29, 1.82) is 0 Å². The van der Waals surface area contributed by atoms with E-state index in [0.717, 1.165) is 29.2 Å². The molecule has 2 rings (SSSR count). The summed E-state index contributed by atoms with van der Waals surface area (Å²) in [4.78, 5) is 0. The molecule has 0 aliphatic carbocycles. The number of ether oxygens (including phenoxy) is 1. The maximum Gasteiger partial charge on any atom is 0.171 e. The number of thiocarbonyl (C=S) groups is 1. The summed E-state index contributed by atoms with van der Waals surface area (Å²) in [5.41, 5.74) is 3.03. The quantitative estimate of drug-likeness (QED) is 0.791. The Bertz CT molecular complexity index is 668. The lowest BCUT2D eigenvalue weighted by Crippen LogP contribution is -2.31. The molecule has 0 radical (unpaired) electrons. The summed E-state index contributed by atoms with van der Waals surface area (Å²) >= 11 is 5.43. The molecule has 2 aromatic rings. The number of nitrogens with one attached hydrogen (secondary N) is 2. The van der Waals surface area contributed by atoms with Crippen LogP contribution in [0.5, 0.6) is 5.75 Å². The van der Waals surface area contributed by atoms with E-state index in [2.05, 4.69) is 35.8 Å². The van der Waals surface area contributed by atoms with E-state index in [9.17, 15) is 0 Å². The van der Waals surface area contributed by atoms with Crippen LogP contribution in [0.15, 0.2) is 30.5 Å². The number of hydrogen-bond donors (Lipinski definition) is 2. The molecule has 1 aromatic carbocycles. The predicted octanol–water partition coefficient (Wildman–Crippen LogP) is 3.66. The minimum absolute atomic E-state index is 0.0783. The van der Waals surface area contributed by atoms with Crippen LogP contribution < -0.4 is 15.4 Å². The Balaban J connectivity index is 2.03. The Morgan fingerprint density at radius 2 is 2.09 bits per heavy atom. The number of anilines is 1. The third kappa shape index (κ3) is 4.45. The SMILES string of the molecule is CCOc1ccccc1NC(=S)NC(C)c1cn(CC)nc1C. The Kier molecular flexibility index (Phi) is 5.98. The highest BCUT2D eigenvalue weighted by Crippen LogP contribution is 2.24. The molecule has 0 amide bonds. The average Bonchev–Trinajstić information content (AvgIpc) is 2.90. The number of rotatable bonds is 6. The van der Waals surface area contributed by atoms with Crippen molar-refractivity contribution in [2.45, 2.75) is 40.3 Å². The number of benzene rings is 1. The van der Waals surface area contributed by atoms with Crippen LogP contribution >= 0.6 is 12.2 Å². The summed E-state index contributed by atoms with van der Waals surface area (Å²) in [7, 11) is 0. The van der Waals surface area contributed by atoms with Gasteiger partial charge in [0.25, 0.3) is 0 Å². The third-order valence-electron chi connectivity index (χ3n) is 3.56. The molecule has 5 nitrogen and oxygen atoms in total. The summed E-state index contributed by atoms with van der Waals surface area (Å²) in [6.45, 7) is 9.60. The standard InChI is InChI=1S/C17H24N4OS/c1-5-21-11-14(13(4)20-21)12(3)18-17(23)19-15-9-7-8-10-16(15)22-6-2/h7-12H,5-6H2,1-4H3,(H2,18,19,23). The molecule has 124 valence electrons. The van der Waals surface area contributed by atoms with Crippen LogP contribution in [0.3, 0.4) is 0 Å². The van der Waals surface area contributed by atoms with E-state index in [4.69, 9.17) is 17.0 Å². The van der Waals surface area contributed by atoms with E-state index in [1.165, 1.54) is 0 Å². The van der Waals surface area contributed by atoms with Crippen molar-refractivity contribution in [2.75, 3.05) is 11.9 Å². The van der Waals surface area contributed by atoms with Crippen LogP contribution in [0.1, 0.15) is 38.1 Å². The van der Waals surface area contributed by atoms with Gasteiger partial charge in [0.2, 0.25) is 0 Å². The van der Waals surface area contributed by atoms with Crippen LogP contribution in [0.4, 0.5) is 5.69 Å². The smallest absolute Gasteiger partial charge is 0.171 e. The lowest BCUT2D eigenvalue weighted by Gasteiger charge is -2.18. The van der Waals surface area contributed by atoms with E-state index in [0.29, 0.717) is 11.7 Å². The summed E-state index contributed by atoms with van der Waals surface area (Å²) in [5.74, 6) is 0.793. The van der Waals surface area contributed by atoms with Crippen LogP contribution in [-0.4, -0.2) is 21.5 Å². The summed E-state index contributed by atoms with van der Waals surface area (Å²) < 4.78 is 7.54. The summed E-state index contributed by atoms with van der Waals surface area (Å²) in [5, 5.41) is 11.5. The highest BCUT2D eigenvalue weighted by molar-refractivity contribution is 7.80. The number of aryl methyl sites for hydroxylation is 2. The molecule has 1 atom stereocenters. The van der Waals surface area contributed by atoms with Crippen LogP contribution in [0.25, 0.3) is 0 Å². The van der Waals surface area contributed by atoms with Gasteiger partial charge in [-0.3, -0.25) is 4.68 Å². The molecule has 6 heteroatoms. The van der Waals surface area contributed by atoms with E-state index in [-0.39, 0.29) is 6.04 Å². The van der Waals surface area contributed by atoms with Gasteiger partial charge in [0, 0.05) is 18.3 Å². The van der Waals surface area contributed by atoms with Gasteiger partial charge in [-0.15, -0.1) is 0 Å². The molecule has 1 unspecified atom stereocenters. The van der Waals surface area contributed by atoms with Gasteiger partial charge in [-0.2, -0.15) is 5.10 Å². The van der Waals surface area contributed by atoms with Gasteiger partial charge in [-0.25, -0.2) is 0 Å². The van der Waals surface area contributed by atoms with Crippen molar-refractivity contribution in [3.8, 4) is 5.75 Å². The minimum atomic E-state index is 0.0783. The normalized spacial score (nSPS) is 11.8. The highest BCUT2D eigenvalue weighted by atomic mass is 32.1. The minimum Gasteiger partial charge on any atom is -0.492 e. The first kappa shape index (κ1) is 17.3. The zero-order chi connectivity index (χ0) is 16.8. The second-order valence-corrected chi connectivity index (χ2v) is 5.68. The van der Waals surface area contributed by atoms with Crippen molar-refractivity contribution in [1.82, 2.24) is 15.1 Å². The monoisotopic (exact) mass is 332 g/mol. The van der Waals surface area contributed by atoms with Gasteiger partial charge in [0.15, 0.2) is 5.11 Å². The van der Waals surface area contributed by atoms with Crippen molar-refractivity contribution in [2.24, 2.45) is 0 Å². The Morgan fingerprint density at radius 1 is 1.35 bits per heavy atom. The first-order chi connectivity index (χ1) is 11.0. The lowest BCUT2D eigenvalue weighted by atomic mass is 10.1. The van der Waals surface area contributed by atoms with Crippen LogP contribution in [0, 0.1) is 6.92 Å². The van der Waals surface area contributed by atoms with E-state index >= 15 is 0 Å². The molecule has 0 aliphatic heterocycles. The largest absolute Gasteiger partial charge is 0.492 e. The van der Waals surface area contributed by atoms with Gasteiger partial charge in [-0.1, -0.05) is 12.1 Å². The van der Waals surface area contributed by atoms with E-state index < -0.39 is 0 Å². The number of nitrogens with zero attached hydrogens (tertiary/aromatic N) is 2. The molecule has 0 saturated carbocycles. The zero-order valence-corrected chi connectivity index (χ0v) is 14.9. The van der Waals surface area contributed by atoms with Gasteiger partial charge in [-0.05, 0) is 52.0 Å². The maximum atomic E-state index is 5.60. The topological polar surface area (TPSA) is 51.1 Å². The molecule has 1 heterocycles. The molecule has 23 heavy (non-hydrogen) atoms. The van der Waals surface area contributed by atoms with E-state index in [1.807, 2.05) is 42.8 Å². The van der Waals surface area contributed by atoms with Crippen molar-refractivity contribution in [3.63, 3.8) is 0 Å². The number of para-hydroxylation sites is 2. The second-order valence-electron chi connectivity index (χ2n) is 5.27. The lowest BCUT2D eigenvalue weighted by molar-refractivity contribution is 0.342. The first-order valence-electron chi connectivity index (χ1n) is 7.88. The van der Waals surface area contributed by atoms with Crippen LogP contribution in [0.2, 0.25) is 0 Å². The van der Waals surface area contributed by atoms with Crippen LogP contribution in [-0.2, 0) is 6.54 Å². The number of aromatic nitrogens is 2. The fourth-order valence-corrected chi connectivity index (χ4v) is 2.69. The van der Waals surface area contributed by atoms with Crippen molar-refractivity contribution >= 4 is 23.0 Å². The molecule has 0 saturated heterocycles. The maximum absolute atomic E-state index is 5.60.